The second-order valence-corrected chi connectivity index (χ2v) is 5.19. The molecule has 2 aromatic carbocycles. The minimum Gasteiger partial charge on any atom is -0.318 e. The Morgan fingerprint density at radius 2 is 1.89 bits per heavy atom. The van der Waals surface area contributed by atoms with Crippen LogP contribution in [-0.2, 0) is 12.0 Å². The maximum Gasteiger partial charge on any atom is 0.130 e. The quantitative estimate of drug-likeness (QED) is 0.834. The van der Waals surface area contributed by atoms with Crippen molar-refractivity contribution >= 4 is 11.6 Å². The highest BCUT2D eigenvalue weighted by Crippen LogP contribution is 2.41. The van der Waals surface area contributed by atoms with Crippen LogP contribution >= 0.6 is 11.6 Å². The molecule has 0 amide bonds. The van der Waals surface area contributed by atoms with Gasteiger partial charge in [0.15, 0.2) is 0 Å². The van der Waals surface area contributed by atoms with Gasteiger partial charge in [0.2, 0.25) is 0 Å². The minimum atomic E-state index is -0.731. The third-order valence-corrected chi connectivity index (χ3v) is 3.93. The van der Waals surface area contributed by atoms with Gasteiger partial charge in [-0.2, -0.15) is 0 Å². The second-order valence-electron chi connectivity index (χ2n) is 4.75. The molecular weight excluding hydrogens is 249 g/mol. The number of rotatable bonds is 1. The van der Waals surface area contributed by atoms with Crippen molar-refractivity contribution in [1.29, 1.82) is 0 Å². The zero-order chi connectivity index (χ0) is 12.8. The fourth-order valence-corrected chi connectivity index (χ4v) is 2.93. The van der Waals surface area contributed by atoms with Gasteiger partial charge in [-0.15, -0.1) is 0 Å². The third-order valence-electron chi connectivity index (χ3n) is 3.70. The Labute approximate surface area is 110 Å². The summed E-state index contributed by atoms with van der Waals surface area (Å²) < 4.78 is 14.1. The van der Waals surface area contributed by atoms with E-state index in [1.165, 1.54) is 11.6 Å². The zero-order valence-corrected chi connectivity index (χ0v) is 10.5. The molecule has 0 bridgehead atoms. The number of benzene rings is 2. The summed E-state index contributed by atoms with van der Waals surface area (Å²) in [6.07, 6.45) is 1.61. The average Bonchev–Trinajstić information content (AvgIpc) is 2.69. The first-order valence-corrected chi connectivity index (χ1v) is 6.32. The highest BCUT2D eigenvalue weighted by atomic mass is 35.5. The molecule has 0 spiro atoms. The maximum absolute atomic E-state index is 14.1. The number of nitrogens with two attached hydrogens (primary N) is 1. The summed E-state index contributed by atoms with van der Waals surface area (Å²) in [5.74, 6) is -0.332. The molecule has 1 aliphatic carbocycles. The summed E-state index contributed by atoms with van der Waals surface area (Å²) in [6, 6.07) is 12.7. The molecule has 2 N–H and O–H groups in total. The van der Waals surface area contributed by atoms with Crippen LogP contribution in [0, 0.1) is 5.82 Å². The van der Waals surface area contributed by atoms with Crippen molar-refractivity contribution in [2.45, 2.75) is 18.4 Å². The molecule has 1 atom stereocenters. The van der Waals surface area contributed by atoms with E-state index in [-0.39, 0.29) is 5.82 Å². The minimum absolute atomic E-state index is 0.332. The Kier molecular flexibility index (Phi) is 2.65. The van der Waals surface area contributed by atoms with Gasteiger partial charge in [0.1, 0.15) is 5.82 Å². The molecule has 92 valence electrons. The van der Waals surface area contributed by atoms with Crippen LogP contribution in [0.15, 0.2) is 42.5 Å². The van der Waals surface area contributed by atoms with Crippen LogP contribution in [0.3, 0.4) is 0 Å². The highest BCUT2D eigenvalue weighted by molar-refractivity contribution is 6.30. The monoisotopic (exact) mass is 261 g/mol. The molecule has 1 nitrogen and oxygen atoms in total. The average molecular weight is 262 g/mol. The normalized spacial score (nSPS) is 21.9. The molecule has 0 fully saturated rings. The standard InChI is InChI=1S/C15H13ClFN/c16-11-5-6-13(14(17)9-11)15(18)8-7-10-3-1-2-4-12(10)15/h1-6,9H,7-8,18H2. The van der Waals surface area contributed by atoms with Crippen molar-refractivity contribution in [3.05, 3.63) is 70.0 Å². The topological polar surface area (TPSA) is 26.0 Å². The van der Waals surface area contributed by atoms with E-state index in [0.29, 0.717) is 10.6 Å². The summed E-state index contributed by atoms with van der Waals surface area (Å²) in [5.41, 5.74) is 8.48. The molecule has 0 aromatic heterocycles. The molecular formula is C15H13ClFN. The van der Waals surface area contributed by atoms with E-state index in [4.69, 9.17) is 17.3 Å². The SMILES string of the molecule is NC1(c2ccc(Cl)cc2F)CCc2ccccc21. The van der Waals surface area contributed by atoms with Gasteiger partial charge >= 0.3 is 0 Å². The molecule has 0 radical (unpaired) electrons. The van der Waals surface area contributed by atoms with Crippen molar-refractivity contribution in [3.8, 4) is 0 Å². The van der Waals surface area contributed by atoms with Gasteiger partial charge in [-0.1, -0.05) is 41.9 Å². The van der Waals surface area contributed by atoms with Crippen LogP contribution in [-0.4, -0.2) is 0 Å². The van der Waals surface area contributed by atoms with E-state index in [2.05, 4.69) is 6.07 Å². The maximum atomic E-state index is 14.1. The smallest absolute Gasteiger partial charge is 0.130 e. The van der Waals surface area contributed by atoms with Gasteiger partial charge in [-0.3, -0.25) is 0 Å². The summed E-state index contributed by atoms with van der Waals surface area (Å²) >= 11 is 5.79. The molecule has 2 aromatic rings. The van der Waals surface area contributed by atoms with Gasteiger partial charge in [0.25, 0.3) is 0 Å². The van der Waals surface area contributed by atoms with E-state index in [1.807, 2.05) is 18.2 Å². The van der Waals surface area contributed by atoms with Gasteiger partial charge in [-0.05, 0) is 36.1 Å². The highest BCUT2D eigenvalue weighted by Gasteiger charge is 2.38. The van der Waals surface area contributed by atoms with Crippen molar-refractivity contribution in [1.82, 2.24) is 0 Å². The van der Waals surface area contributed by atoms with Crippen molar-refractivity contribution < 1.29 is 4.39 Å². The van der Waals surface area contributed by atoms with Crippen molar-refractivity contribution in [3.63, 3.8) is 0 Å². The molecule has 3 heteroatoms. The Morgan fingerprint density at radius 3 is 2.67 bits per heavy atom. The Hall–Kier alpha value is -1.38. The molecule has 0 saturated carbocycles. The Balaban J connectivity index is 2.17. The van der Waals surface area contributed by atoms with Crippen molar-refractivity contribution in [2.24, 2.45) is 5.73 Å². The number of fused-ring (bicyclic) bond motifs is 1. The first-order chi connectivity index (χ1) is 8.61. The summed E-state index contributed by atoms with van der Waals surface area (Å²) in [7, 11) is 0. The van der Waals surface area contributed by atoms with E-state index in [1.54, 1.807) is 12.1 Å². The third kappa shape index (κ3) is 1.64. The van der Waals surface area contributed by atoms with Crippen LogP contribution in [0.25, 0.3) is 0 Å². The molecule has 0 saturated heterocycles. The lowest BCUT2D eigenvalue weighted by Crippen LogP contribution is -2.36. The van der Waals surface area contributed by atoms with Gasteiger partial charge in [-0.25, -0.2) is 4.39 Å². The molecule has 18 heavy (non-hydrogen) atoms. The summed E-state index contributed by atoms with van der Waals surface area (Å²) in [4.78, 5) is 0. The second kappa shape index (κ2) is 4.08. The lowest BCUT2D eigenvalue weighted by Gasteiger charge is -2.26. The van der Waals surface area contributed by atoms with Gasteiger partial charge < -0.3 is 5.73 Å². The van der Waals surface area contributed by atoms with E-state index in [0.717, 1.165) is 18.4 Å². The fourth-order valence-electron chi connectivity index (χ4n) is 2.77. The van der Waals surface area contributed by atoms with Crippen LogP contribution in [0.2, 0.25) is 5.02 Å². The van der Waals surface area contributed by atoms with E-state index in [9.17, 15) is 4.39 Å². The van der Waals surface area contributed by atoms with Crippen LogP contribution in [0.5, 0.6) is 0 Å². The molecule has 3 rings (SSSR count). The van der Waals surface area contributed by atoms with Gasteiger partial charge in [0.05, 0.1) is 5.54 Å². The fraction of sp³-hybridized carbons (Fsp3) is 0.200. The molecule has 0 heterocycles. The van der Waals surface area contributed by atoms with Crippen LogP contribution in [0.1, 0.15) is 23.1 Å². The van der Waals surface area contributed by atoms with E-state index < -0.39 is 5.54 Å². The van der Waals surface area contributed by atoms with Crippen LogP contribution < -0.4 is 5.73 Å². The van der Waals surface area contributed by atoms with Crippen LogP contribution in [0.4, 0.5) is 4.39 Å². The predicted molar refractivity (Wildman–Crippen MR) is 71.1 cm³/mol. The Bertz CT molecular complexity index is 611. The number of halogens is 2. The van der Waals surface area contributed by atoms with Crippen molar-refractivity contribution in [2.75, 3.05) is 0 Å². The number of aryl methyl sites for hydroxylation is 1. The predicted octanol–water partition coefficient (Wildman–Crippen LogP) is 3.63. The molecule has 1 aliphatic rings. The number of hydrogen-bond acceptors (Lipinski definition) is 1. The summed E-state index contributed by atoms with van der Waals surface area (Å²) in [5, 5.41) is 0.395. The molecule has 0 aliphatic heterocycles. The molecule has 1 unspecified atom stereocenters. The largest absolute Gasteiger partial charge is 0.318 e. The first kappa shape index (κ1) is 11.7. The van der Waals surface area contributed by atoms with E-state index >= 15 is 0 Å². The first-order valence-electron chi connectivity index (χ1n) is 5.94. The summed E-state index contributed by atoms with van der Waals surface area (Å²) in [6.45, 7) is 0. The lowest BCUT2D eigenvalue weighted by atomic mass is 9.85. The van der Waals surface area contributed by atoms with Gasteiger partial charge in [0, 0.05) is 10.6 Å². The zero-order valence-electron chi connectivity index (χ0n) is 9.79. The Morgan fingerprint density at radius 1 is 1.11 bits per heavy atom. The number of hydrogen-bond donors (Lipinski definition) is 1. The lowest BCUT2D eigenvalue weighted by molar-refractivity contribution is 0.491.